The summed E-state index contributed by atoms with van der Waals surface area (Å²) in [6.45, 7) is 1.89. The second-order valence-electron chi connectivity index (χ2n) is 3.75. The molecule has 0 aliphatic heterocycles. The molecular weight excluding hydrogens is 274 g/mol. The summed E-state index contributed by atoms with van der Waals surface area (Å²) in [4.78, 5) is 25.3. The number of hydrogen-bond acceptors (Lipinski definition) is 5. The van der Waals surface area contributed by atoms with Crippen molar-refractivity contribution in [3.8, 4) is 0 Å². The molecule has 2 rings (SSSR count). The molecule has 0 aliphatic rings. The first kappa shape index (κ1) is 13.1. The number of thioether (sulfide) groups is 1. The van der Waals surface area contributed by atoms with Crippen LogP contribution in [0.1, 0.15) is 6.92 Å². The Bertz CT molecular complexity index is 599. The van der Waals surface area contributed by atoms with Gasteiger partial charge in [0, 0.05) is 14.0 Å². The Morgan fingerprint density at radius 2 is 2.28 bits per heavy atom. The van der Waals surface area contributed by atoms with Crippen LogP contribution in [0.15, 0.2) is 11.4 Å². The largest absolute Gasteiger partial charge is 0.328 e. The van der Waals surface area contributed by atoms with E-state index in [-0.39, 0.29) is 11.2 Å². The normalized spacial score (nSPS) is 10.9. The zero-order valence-electron chi connectivity index (χ0n) is 10.2. The van der Waals surface area contributed by atoms with Crippen LogP contribution in [-0.4, -0.2) is 43.6 Å². The average Bonchev–Trinajstić information content (AvgIpc) is 2.71. The third-order valence-electron chi connectivity index (χ3n) is 2.50. The molecule has 0 fully saturated rings. The van der Waals surface area contributed by atoms with Gasteiger partial charge in [-0.05, 0) is 17.9 Å². The number of imidazole rings is 1. The van der Waals surface area contributed by atoms with Gasteiger partial charge in [-0.1, -0.05) is 0 Å². The van der Waals surface area contributed by atoms with Gasteiger partial charge in [-0.2, -0.15) is 4.98 Å². The highest BCUT2D eigenvalue weighted by Crippen LogP contribution is 2.23. The van der Waals surface area contributed by atoms with Crippen LogP contribution in [0.3, 0.4) is 0 Å². The second-order valence-corrected chi connectivity index (χ2v) is 4.88. The maximum atomic E-state index is 11.2. The average molecular weight is 286 g/mol. The maximum absolute atomic E-state index is 11.2. The number of nitrogens with zero attached hydrogens (tertiary/aromatic N) is 5. The van der Waals surface area contributed by atoms with E-state index in [1.165, 1.54) is 18.7 Å². The molecule has 0 aromatic carbocycles. The first-order valence-electron chi connectivity index (χ1n) is 5.17. The zero-order valence-corrected chi connectivity index (χ0v) is 11.8. The van der Waals surface area contributed by atoms with Crippen molar-refractivity contribution in [1.29, 1.82) is 0 Å². The predicted octanol–water partition coefficient (Wildman–Crippen LogP) is 1.64. The van der Waals surface area contributed by atoms with Crippen LogP contribution in [0, 0.1) is 0 Å². The molecule has 0 saturated heterocycles. The summed E-state index contributed by atoms with van der Waals surface area (Å²) in [5.74, 6) is -0.0258. The minimum atomic E-state index is -0.0258. The van der Waals surface area contributed by atoms with E-state index in [9.17, 15) is 4.79 Å². The van der Waals surface area contributed by atoms with Crippen molar-refractivity contribution in [2.45, 2.75) is 18.6 Å². The highest BCUT2D eigenvalue weighted by atomic mass is 35.5. The number of carbonyl (C=O) groups excluding carboxylic acids is 1. The predicted molar refractivity (Wildman–Crippen MR) is 70.6 cm³/mol. The molecule has 0 radical (unpaired) electrons. The summed E-state index contributed by atoms with van der Waals surface area (Å²) in [6.07, 6.45) is 3.54. The van der Waals surface area contributed by atoms with Crippen molar-refractivity contribution in [2.75, 3.05) is 13.3 Å². The summed E-state index contributed by atoms with van der Waals surface area (Å²) in [5, 5.41) is 0.910. The second kappa shape index (κ2) is 5.11. The molecule has 0 unspecified atom stereocenters. The molecule has 96 valence electrons. The number of carbonyl (C=O) groups is 1. The molecule has 6 nitrogen and oxygen atoms in total. The van der Waals surface area contributed by atoms with Gasteiger partial charge in [0.05, 0.1) is 13.0 Å². The Morgan fingerprint density at radius 1 is 1.56 bits per heavy atom. The molecule has 2 aromatic heterocycles. The quantitative estimate of drug-likeness (QED) is 0.487. The Labute approximate surface area is 113 Å². The first-order chi connectivity index (χ1) is 8.52. The van der Waals surface area contributed by atoms with Crippen molar-refractivity contribution in [3.05, 3.63) is 11.6 Å². The lowest BCUT2D eigenvalue weighted by molar-refractivity contribution is -0.128. The summed E-state index contributed by atoms with van der Waals surface area (Å²) in [6, 6.07) is 0. The number of halogens is 1. The highest BCUT2D eigenvalue weighted by molar-refractivity contribution is 7.98. The summed E-state index contributed by atoms with van der Waals surface area (Å²) >= 11 is 7.33. The van der Waals surface area contributed by atoms with Crippen molar-refractivity contribution in [1.82, 2.24) is 24.4 Å². The minimum absolute atomic E-state index is 0.0258. The summed E-state index contributed by atoms with van der Waals surface area (Å²) in [5.41, 5.74) is 1.33. The molecule has 8 heteroatoms. The van der Waals surface area contributed by atoms with Crippen molar-refractivity contribution in [2.24, 2.45) is 0 Å². The number of fused-ring (bicyclic) bond motifs is 1. The van der Waals surface area contributed by atoms with Crippen LogP contribution >= 0.6 is 23.4 Å². The van der Waals surface area contributed by atoms with Gasteiger partial charge in [-0.25, -0.2) is 9.97 Å². The van der Waals surface area contributed by atoms with Crippen LogP contribution in [0.25, 0.3) is 11.2 Å². The van der Waals surface area contributed by atoms with Crippen molar-refractivity contribution < 1.29 is 4.79 Å². The third-order valence-corrected chi connectivity index (χ3v) is 3.34. The minimum Gasteiger partial charge on any atom is -0.328 e. The summed E-state index contributed by atoms with van der Waals surface area (Å²) in [7, 11) is 1.71. The smallest absolute Gasteiger partial charge is 0.225 e. The molecule has 0 N–H and O–H groups in total. The fourth-order valence-electron chi connectivity index (χ4n) is 1.47. The van der Waals surface area contributed by atoms with Crippen molar-refractivity contribution >= 4 is 40.4 Å². The molecule has 18 heavy (non-hydrogen) atoms. The number of amides is 1. The van der Waals surface area contributed by atoms with Gasteiger partial charge in [0.1, 0.15) is 10.5 Å². The summed E-state index contributed by atoms with van der Waals surface area (Å²) < 4.78 is 1.77. The van der Waals surface area contributed by atoms with Gasteiger partial charge in [0.15, 0.2) is 5.65 Å². The van der Waals surface area contributed by atoms with Gasteiger partial charge in [-0.3, -0.25) is 9.36 Å². The van der Waals surface area contributed by atoms with Gasteiger partial charge in [0.25, 0.3) is 0 Å². The molecule has 1 amide bonds. The standard InChI is InChI=1S/C10H12ClN5OS/c1-6(17)15(2)5-16-4-12-7-8(16)13-10(11)14-9(7)18-3/h4H,5H2,1-3H3. The van der Waals surface area contributed by atoms with Gasteiger partial charge >= 0.3 is 0 Å². The van der Waals surface area contributed by atoms with Crippen LogP contribution in [0.2, 0.25) is 5.28 Å². The van der Waals surface area contributed by atoms with E-state index in [2.05, 4.69) is 15.0 Å². The maximum Gasteiger partial charge on any atom is 0.225 e. The van der Waals surface area contributed by atoms with E-state index in [1.54, 1.807) is 22.8 Å². The molecule has 0 atom stereocenters. The number of hydrogen-bond donors (Lipinski definition) is 0. The third kappa shape index (κ3) is 2.41. The van der Waals surface area contributed by atoms with Crippen LogP contribution in [0.4, 0.5) is 0 Å². The SMILES string of the molecule is CSc1nc(Cl)nc2c1ncn2CN(C)C(C)=O. The lowest BCUT2D eigenvalue weighted by atomic mass is 10.5. The lowest BCUT2D eigenvalue weighted by Crippen LogP contribution is -2.26. The fourth-order valence-corrected chi connectivity index (χ4v) is 2.20. The molecule has 0 aliphatic carbocycles. The van der Waals surface area contributed by atoms with Crippen LogP contribution < -0.4 is 0 Å². The Kier molecular flexibility index (Phi) is 3.72. The van der Waals surface area contributed by atoms with Crippen molar-refractivity contribution in [3.63, 3.8) is 0 Å². The van der Waals surface area contributed by atoms with E-state index in [4.69, 9.17) is 11.6 Å². The highest BCUT2D eigenvalue weighted by Gasteiger charge is 2.13. The number of rotatable bonds is 3. The van der Waals surface area contributed by atoms with Crippen LogP contribution in [0.5, 0.6) is 0 Å². The Morgan fingerprint density at radius 3 is 2.89 bits per heavy atom. The monoisotopic (exact) mass is 285 g/mol. The van der Waals surface area contributed by atoms with E-state index in [0.29, 0.717) is 17.8 Å². The Balaban J connectivity index is 2.47. The molecule has 2 aromatic rings. The zero-order chi connectivity index (χ0) is 13.3. The topological polar surface area (TPSA) is 63.9 Å². The molecule has 0 saturated carbocycles. The van der Waals surface area contributed by atoms with Gasteiger partial charge in [-0.15, -0.1) is 11.8 Å². The molecule has 2 heterocycles. The molecule has 0 spiro atoms. The van der Waals surface area contributed by atoms with Crippen LogP contribution in [-0.2, 0) is 11.5 Å². The first-order valence-corrected chi connectivity index (χ1v) is 6.77. The van der Waals surface area contributed by atoms with E-state index in [1.807, 2.05) is 6.26 Å². The van der Waals surface area contributed by atoms with E-state index >= 15 is 0 Å². The van der Waals surface area contributed by atoms with Gasteiger partial charge < -0.3 is 4.90 Å². The van der Waals surface area contributed by atoms with E-state index < -0.39 is 0 Å². The Hall–Kier alpha value is -1.34. The van der Waals surface area contributed by atoms with E-state index in [0.717, 1.165) is 5.03 Å². The number of aromatic nitrogens is 4. The van der Waals surface area contributed by atoms with Gasteiger partial charge in [0.2, 0.25) is 11.2 Å². The fraction of sp³-hybridized carbons (Fsp3) is 0.400. The molecular formula is C10H12ClN5OS. The lowest BCUT2D eigenvalue weighted by Gasteiger charge is -2.15. The molecule has 0 bridgehead atoms.